The highest BCUT2D eigenvalue weighted by Crippen LogP contribution is 2.29. The lowest BCUT2D eigenvalue weighted by Gasteiger charge is -2.07. The molecule has 1 heterocycles. The number of nitrogens with one attached hydrogen (secondary N) is 1. The molecule has 0 aliphatic rings. The molecule has 0 saturated heterocycles. The average Bonchev–Trinajstić information content (AvgIpc) is 2.56. The van der Waals surface area contributed by atoms with E-state index in [1.54, 1.807) is 25.1 Å². The van der Waals surface area contributed by atoms with E-state index in [4.69, 9.17) is 4.42 Å². The lowest BCUT2D eigenvalue weighted by Crippen LogP contribution is -2.21. The zero-order valence-corrected chi connectivity index (χ0v) is 16.4. The number of aryl methyl sites for hydroxylation is 1. The lowest BCUT2D eigenvalue weighted by atomic mass is 10.1. The molecule has 0 spiro atoms. The number of anilines is 1. The molecule has 3 rings (SSSR count). The van der Waals surface area contributed by atoms with E-state index in [9.17, 15) is 19.7 Å². The predicted molar refractivity (Wildman–Crippen MR) is 104 cm³/mol. The third-order valence-electron chi connectivity index (χ3n) is 3.59. The van der Waals surface area contributed by atoms with Crippen LogP contribution in [0.4, 0.5) is 11.4 Å². The number of hydrogen-bond donors (Lipinski definition) is 1. The van der Waals surface area contributed by atoms with Crippen LogP contribution >= 0.6 is 31.9 Å². The number of fused-ring (bicyclic) bond motifs is 1. The summed E-state index contributed by atoms with van der Waals surface area (Å²) < 4.78 is 6.50. The first-order valence-electron chi connectivity index (χ1n) is 7.25. The fourth-order valence-electron chi connectivity index (χ4n) is 2.40. The van der Waals surface area contributed by atoms with Crippen LogP contribution in [0.3, 0.4) is 0 Å². The summed E-state index contributed by atoms with van der Waals surface area (Å²) in [5.74, 6) is -0.788. The summed E-state index contributed by atoms with van der Waals surface area (Å²) in [6, 6.07) is 9.16. The van der Waals surface area contributed by atoms with E-state index in [0.717, 1.165) is 4.47 Å². The van der Waals surface area contributed by atoms with Crippen molar-refractivity contribution in [1.82, 2.24) is 0 Å². The Morgan fingerprint density at radius 3 is 2.62 bits per heavy atom. The van der Waals surface area contributed by atoms with Crippen molar-refractivity contribution in [2.75, 3.05) is 5.32 Å². The van der Waals surface area contributed by atoms with E-state index in [-0.39, 0.29) is 16.9 Å². The molecule has 0 aliphatic carbocycles. The van der Waals surface area contributed by atoms with Gasteiger partial charge in [0.25, 0.3) is 11.6 Å². The molecule has 0 radical (unpaired) electrons. The smallest absolute Gasteiger partial charge is 0.349 e. The third kappa shape index (κ3) is 3.54. The van der Waals surface area contributed by atoms with Gasteiger partial charge in [0.05, 0.1) is 9.40 Å². The molecule has 0 atom stereocenters. The van der Waals surface area contributed by atoms with Crippen LogP contribution in [0.1, 0.15) is 15.9 Å². The highest BCUT2D eigenvalue weighted by Gasteiger charge is 2.20. The lowest BCUT2D eigenvalue weighted by molar-refractivity contribution is -0.384. The first-order valence-corrected chi connectivity index (χ1v) is 8.84. The molecule has 1 amide bonds. The van der Waals surface area contributed by atoms with Gasteiger partial charge in [0.1, 0.15) is 11.3 Å². The van der Waals surface area contributed by atoms with Crippen molar-refractivity contribution in [3.63, 3.8) is 0 Å². The molecule has 9 heteroatoms. The molecule has 1 N–H and O–H groups in total. The van der Waals surface area contributed by atoms with Crippen molar-refractivity contribution < 1.29 is 14.1 Å². The van der Waals surface area contributed by atoms with Gasteiger partial charge in [-0.05, 0) is 52.7 Å². The van der Waals surface area contributed by atoms with Gasteiger partial charge in [-0.1, -0.05) is 22.0 Å². The Bertz CT molecular complexity index is 1120. The van der Waals surface area contributed by atoms with Crippen molar-refractivity contribution in [2.45, 2.75) is 6.92 Å². The fraction of sp³-hybridized carbons (Fsp3) is 0.0588. The normalized spacial score (nSPS) is 10.7. The van der Waals surface area contributed by atoms with Crippen molar-refractivity contribution >= 4 is 60.1 Å². The number of nitrogens with zero attached hydrogens (tertiary/aromatic N) is 1. The number of nitro groups is 1. The van der Waals surface area contributed by atoms with E-state index in [2.05, 4.69) is 37.2 Å². The van der Waals surface area contributed by atoms with Gasteiger partial charge in [-0.3, -0.25) is 14.9 Å². The maximum atomic E-state index is 12.5. The minimum absolute atomic E-state index is 0.000481. The second-order valence-electron chi connectivity index (χ2n) is 5.49. The molecule has 7 nitrogen and oxygen atoms in total. The standard InChI is InChI=1S/C17H10Br2N2O5/c1-8-2-3-13(14(4-8)21(24)25)20-16(22)11-6-9-5-10(18)7-12(19)15(9)26-17(11)23/h2-7H,1H3,(H,20,22). The number of nitro benzene ring substituents is 1. The van der Waals surface area contributed by atoms with Crippen LogP contribution in [0.25, 0.3) is 11.0 Å². The Morgan fingerprint density at radius 2 is 1.92 bits per heavy atom. The maximum absolute atomic E-state index is 12.5. The van der Waals surface area contributed by atoms with Gasteiger partial charge in [0.2, 0.25) is 0 Å². The van der Waals surface area contributed by atoms with Crippen LogP contribution in [-0.4, -0.2) is 10.8 Å². The molecular formula is C17H10Br2N2O5. The van der Waals surface area contributed by atoms with E-state index < -0.39 is 16.5 Å². The monoisotopic (exact) mass is 480 g/mol. The highest BCUT2D eigenvalue weighted by molar-refractivity contribution is 9.11. The van der Waals surface area contributed by atoms with Crippen molar-refractivity contribution in [3.8, 4) is 0 Å². The second-order valence-corrected chi connectivity index (χ2v) is 7.26. The van der Waals surface area contributed by atoms with Crippen molar-refractivity contribution in [2.24, 2.45) is 0 Å². The topological polar surface area (TPSA) is 102 Å². The van der Waals surface area contributed by atoms with E-state index >= 15 is 0 Å². The summed E-state index contributed by atoms with van der Waals surface area (Å²) in [5, 5.41) is 14.1. The highest BCUT2D eigenvalue weighted by atomic mass is 79.9. The summed E-state index contributed by atoms with van der Waals surface area (Å²) in [4.78, 5) is 35.2. The van der Waals surface area contributed by atoms with E-state index in [1.165, 1.54) is 18.2 Å². The summed E-state index contributed by atoms with van der Waals surface area (Å²) in [6.45, 7) is 1.70. The fourth-order valence-corrected chi connectivity index (χ4v) is 3.74. The van der Waals surface area contributed by atoms with E-state index in [0.29, 0.717) is 21.0 Å². The summed E-state index contributed by atoms with van der Waals surface area (Å²) >= 11 is 6.62. The van der Waals surface area contributed by atoms with Gasteiger partial charge >= 0.3 is 5.63 Å². The van der Waals surface area contributed by atoms with Crippen molar-refractivity contribution in [1.29, 1.82) is 0 Å². The quantitative estimate of drug-likeness (QED) is 0.329. The first-order chi connectivity index (χ1) is 12.3. The third-order valence-corrected chi connectivity index (χ3v) is 4.64. The molecule has 0 bridgehead atoms. The number of rotatable bonds is 3. The second kappa shape index (κ2) is 7.00. The zero-order chi connectivity index (χ0) is 19.0. The minimum Gasteiger partial charge on any atom is -0.421 e. The van der Waals surface area contributed by atoms with E-state index in [1.807, 2.05) is 0 Å². The van der Waals surface area contributed by atoms with Crippen LogP contribution in [-0.2, 0) is 0 Å². The Labute approximate surface area is 163 Å². The van der Waals surface area contributed by atoms with Gasteiger partial charge in [-0.25, -0.2) is 4.79 Å². The molecule has 2 aromatic carbocycles. The Morgan fingerprint density at radius 1 is 1.19 bits per heavy atom. The number of benzene rings is 2. The Balaban J connectivity index is 2.05. The van der Waals surface area contributed by atoms with Crippen molar-refractivity contribution in [3.05, 3.63) is 77.0 Å². The molecule has 3 aromatic rings. The van der Waals surface area contributed by atoms with Gasteiger partial charge in [-0.15, -0.1) is 0 Å². The molecule has 26 heavy (non-hydrogen) atoms. The van der Waals surface area contributed by atoms with Crippen LogP contribution in [0.15, 0.2) is 54.6 Å². The van der Waals surface area contributed by atoms with Crippen LogP contribution in [0.5, 0.6) is 0 Å². The van der Waals surface area contributed by atoms with Gasteiger partial charge in [-0.2, -0.15) is 0 Å². The van der Waals surface area contributed by atoms with Gasteiger partial charge < -0.3 is 9.73 Å². The molecule has 0 saturated carbocycles. The number of carbonyl (C=O) groups is 1. The summed E-state index contributed by atoms with van der Waals surface area (Å²) in [6.07, 6.45) is 0. The maximum Gasteiger partial charge on any atom is 0.349 e. The average molecular weight is 482 g/mol. The molecule has 0 fully saturated rings. The predicted octanol–water partition coefficient (Wildman–Crippen LogP) is 4.79. The number of halogens is 2. The molecule has 132 valence electrons. The molecule has 0 aliphatic heterocycles. The number of carbonyl (C=O) groups excluding carboxylic acids is 1. The summed E-state index contributed by atoms with van der Waals surface area (Å²) in [7, 11) is 0. The van der Waals surface area contributed by atoms with Crippen LogP contribution in [0.2, 0.25) is 0 Å². The van der Waals surface area contributed by atoms with Crippen LogP contribution < -0.4 is 10.9 Å². The molecule has 0 unspecified atom stereocenters. The van der Waals surface area contributed by atoms with Gasteiger partial charge in [0, 0.05) is 15.9 Å². The van der Waals surface area contributed by atoms with Gasteiger partial charge in [0.15, 0.2) is 5.58 Å². The number of hydrogen-bond acceptors (Lipinski definition) is 5. The number of amides is 1. The van der Waals surface area contributed by atoms with Crippen LogP contribution in [0, 0.1) is 17.0 Å². The minimum atomic E-state index is -0.840. The largest absolute Gasteiger partial charge is 0.421 e. The first kappa shape index (κ1) is 18.3. The zero-order valence-electron chi connectivity index (χ0n) is 13.2. The molecular weight excluding hydrogens is 472 g/mol. The summed E-state index contributed by atoms with van der Waals surface area (Å²) in [5.41, 5.74) is -0.370. The Kier molecular flexibility index (Phi) is 4.92. The Hall–Kier alpha value is -2.52. The SMILES string of the molecule is Cc1ccc(NC(=O)c2cc3cc(Br)cc(Br)c3oc2=O)c([N+](=O)[O-])c1. The molecule has 1 aromatic heterocycles.